The second-order valence-corrected chi connectivity index (χ2v) is 6.61. The first kappa shape index (κ1) is 15.6. The van der Waals surface area contributed by atoms with Gasteiger partial charge in [-0.15, -0.1) is 9.24 Å². The molecule has 1 saturated heterocycles. The first-order valence-corrected chi connectivity index (χ1v) is 9.67. The smallest absolute Gasteiger partial charge is 0.167 e. The molecule has 8 nitrogen and oxygen atoms in total. The van der Waals surface area contributed by atoms with E-state index < -0.39 is 0 Å². The lowest BCUT2D eigenvalue weighted by Gasteiger charge is -2.28. The van der Waals surface area contributed by atoms with Gasteiger partial charge in [0.25, 0.3) is 0 Å². The molecule has 7 atom stereocenters. The normalized spacial score (nSPS) is 32.9. The van der Waals surface area contributed by atoms with Crippen molar-refractivity contribution >= 4 is 35.0 Å². The Morgan fingerprint density at radius 3 is 3.00 bits per heavy atom. The monoisotopic (exact) mass is 355 g/mol. The van der Waals surface area contributed by atoms with E-state index >= 15 is 0 Å². The van der Waals surface area contributed by atoms with Crippen molar-refractivity contribution in [2.45, 2.75) is 37.4 Å². The Labute approximate surface area is 137 Å². The summed E-state index contributed by atoms with van der Waals surface area (Å²) in [4.78, 5) is 13.1. The molecule has 124 valence electrons. The van der Waals surface area contributed by atoms with E-state index in [1.54, 1.807) is 0 Å². The maximum atomic E-state index is 6.24. The summed E-state index contributed by atoms with van der Waals surface area (Å²) >= 11 is 0. The van der Waals surface area contributed by atoms with E-state index in [-0.39, 0.29) is 30.5 Å². The third-order valence-corrected chi connectivity index (χ3v) is 5.16. The molecule has 2 aliphatic rings. The van der Waals surface area contributed by atoms with Gasteiger partial charge in [-0.1, -0.05) is 6.92 Å². The number of hydrogen-bond acceptors (Lipinski definition) is 7. The van der Waals surface area contributed by atoms with Crippen molar-refractivity contribution in [3.8, 4) is 0 Å². The molecule has 2 aliphatic heterocycles. The topological polar surface area (TPSA) is 97.3 Å². The first-order valence-electron chi connectivity index (χ1n) is 7.45. The molecule has 1 fully saturated rings. The molecular weight excluding hydrogens is 336 g/mol. The van der Waals surface area contributed by atoms with Crippen molar-refractivity contribution < 1.29 is 14.0 Å². The van der Waals surface area contributed by atoms with Gasteiger partial charge >= 0.3 is 0 Å². The van der Waals surface area contributed by atoms with Gasteiger partial charge in [0, 0.05) is 14.7 Å². The number of nitrogen functional groups attached to an aromatic ring is 1. The zero-order chi connectivity index (χ0) is 16.1. The van der Waals surface area contributed by atoms with E-state index in [0.29, 0.717) is 32.1 Å². The predicted molar refractivity (Wildman–Crippen MR) is 90.6 cm³/mol. The average Bonchev–Trinajstić information content (AvgIpc) is 3.06. The van der Waals surface area contributed by atoms with Crippen LogP contribution in [0.1, 0.15) is 24.9 Å². The van der Waals surface area contributed by atoms with Crippen LogP contribution in [0.25, 0.3) is 11.2 Å². The quantitative estimate of drug-likeness (QED) is 0.825. The van der Waals surface area contributed by atoms with Crippen LogP contribution in [-0.4, -0.2) is 50.8 Å². The Balaban J connectivity index is 1.88. The molecule has 2 N–H and O–H groups in total. The molecule has 0 spiro atoms. The number of aromatic nitrogens is 4. The summed E-state index contributed by atoms with van der Waals surface area (Å²) in [6.07, 6.45) is 1.24. The van der Waals surface area contributed by atoms with Gasteiger partial charge in [0.2, 0.25) is 0 Å². The summed E-state index contributed by atoms with van der Waals surface area (Å²) in [7, 11) is 2.95. The van der Waals surface area contributed by atoms with E-state index in [9.17, 15) is 0 Å². The van der Waals surface area contributed by atoms with Crippen LogP contribution in [0, 0.1) is 0 Å². The minimum absolute atomic E-state index is 0.0549. The molecule has 4 rings (SSSR count). The SMILES string of the molecule is CPOC1C2OC(C1OCP)n1c(nc3c(N)ncnc31)C2C. The highest BCUT2D eigenvalue weighted by Gasteiger charge is 2.54. The van der Waals surface area contributed by atoms with Gasteiger partial charge in [-0.3, -0.25) is 4.57 Å². The van der Waals surface area contributed by atoms with Gasteiger partial charge in [-0.05, 0) is 6.66 Å². The maximum Gasteiger partial charge on any atom is 0.167 e. The molecule has 2 aromatic heterocycles. The Kier molecular flexibility index (Phi) is 3.98. The van der Waals surface area contributed by atoms with E-state index in [0.717, 1.165) is 5.82 Å². The maximum absolute atomic E-state index is 6.24. The molecular formula is C13H19N5O3P2. The van der Waals surface area contributed by atoms with Crippen LogP contribution in [0.2, 0.25) is 0 Å². The van der Waals surface area contributed by atoms with Crippen molar-refractivity contribution in [1.82, 2.24) is 19.5 Å². The average molecular weight is 355 g/mol. The van der Waals surface area contributed by atoms with Gasteiger partial charge in [0.15, 0.2) is 23.2 Å². The number of rotatable bonds is 4. The number of nitrogens with zero attached hydrogens (tertiary/aromatic N) is 4. The van der Waals surface area contributed by atoms with Gasteiger partial charge < -0.3 is 19.7 Å². The highest BCUT2D eigenvalue weighted by atomic mass is 31.1. The van der Waals surface area contributed by atoms with Crippen LogP contribution in [0.5, 0.6) is 0 Å². The molecule has 0 radical (unpaired) electrons. The van der Waals surface area contributed by atoms with Crippen LogP contribution in [0.15, 0.2) is 6.33 Å². The fourth-order valence-corrected chi connectivity index (χ4v) is 4.26. The third kappa shape index (κ3) is 2.20. The number of hydrogen-bond donors (Lipinski definition) is 1. The summed E-state index contributed by atoms with van der Waals surface area (Å²) in [6, 6.07) is 0. The zero-order valence-electron chi connectivity index (χ0n) is 12.8. The predicted octanol–water partition coefficient (Wildman–Crippen LogP) is 1.25. The summed E-state index contributed by atoms with van der Waals surface area (Å²) in [6.45, 7) is 4.09. The van der Waals surface area contributed by atoms with Crippen molar-refractivity contribution in [3.63, 3.8) is 0 Å². The Morgan fingerprint density at radius 2 is 2.26 bits per heavy atom. The van der Waals surface area contributed by atoms with Crippen molar-refractivity contribution in [2.24, 2.45) is 0 Å². The number of nitrogens with two attached hydrogens (primary N) is 1. The Hall–Kier alpha value is -0.910. The van der Waals surface area contributed by atoms with E-state index in [1.165, 1.54) is 6.33 Å². The lowest BCUT2D eigenvalue weighted by molar-refractivity contribution is -0.0727. The molecule has 10 heteroatoms. The van der Waals surface area contributed by atoms with Crippen molar-refractivity contribution in [1.29, 1.82) is 0 Å². The second kappa shape index (κ2) is 5.87. The van der Waals surface area contributed by atoms with Crippen LogP contribution in [-0.2, 0) is 14.0 Å². The fraction of sp³-hybridized carbons (Fsp3) is 0.615. The first-order chi connectivity index (χ1) is 11.2. The Morgan fingerprint density at radius 1 is 1.43 bits per heavy atom. The van der Waals surface area contributed by atoms with Crippen LogP contribution in [0.3, 0.4) is 0 Å². The molecule has 7 unspecified atom stereocenters. The molecule has 2 bridgehead atoms. The van der Waals surface area contributed by atoms with E-state index in [1.807, 2.05) is 11.2 Å². The van der Waals surface area contributed by atoms with Gasteiger partial charge in [0.1, 0.15) is 24.4 Å². The summed E-state index contributed by atoms with van der Waals surface area (Å²) < 4.78 is 20.1. The molecule has 0 amide bonds. The van der Waals surface area contributed by atoms with E-state index in [2.05, 4.69) is 31.1 Å². The largest absolute Gasteiger partial charge is 0.382 e. The highest BCUT2D eigenvalue weighted by Crippen LogP contribution is 2.48. The minimum Gasteiger partial charge on any atom is -0.382 e. The molecule has 4 heterocycles. The zero-order valence-corrected chi connectivity index (χ0v) is 15.0. The lowest BCUT2D eigenvalue weighted by atomic mass is 9.99. The summed E-state index contributed by atoms with van der Waals surface area (Å²) in [5.41, 5.74) is 7.25. The standard InChI is InChI=1S/C13H19N5O3P2/c1-5-7-8(21-23-2)9(19-4-22)13(20-7)18-11(5)17-6-10(14)15-3-16-12(6)18/h3,5,7-9,13,23H,4,22H2,1-2H3,(H2,14,15,16). The minimum atomic E-state index is -0.313. The number of fused-ring (bicyclic) bond motifs is 6. The molecule has 0 saturated carbocycles. The van der Waals surface area contributed by atoms with Crippen molar-refractivity contribution in [3.05, 3.63) is 12.2 Å². The number of ether oxygens (including phenoxy) is 2. The van der Waals surface area contributed by atoms with Gasteiger partial charge in [-0.25, -0.2) is 15.0 Å². The molecule has 2 aromatic rings. The third-order valence-electron chi connectivity index (χ3n) is 4.45. The van der Waals surface area contributed by atoms with Crippen LogP contribution >= 0.6 is 18.0 Å². The number of imidazole rings is 1. The molecule has 0 aliphatic carbocycles. The second-order valence-electron chi connectivity index (χ2n) is 5.64. The van der Waals surface area contributed by atoms with E-state index in [4.69, 9.17) is 19.7 Å². The summed E-state index contributed by atoms with van der Waals surface area (Å²) in [5, 5.41) is 0. The number of anilines is 1. The van der Waals surface area contributed by atoms with Crippen LogP contribution in [0.4, 0.5) is 5.82 Å². The Bertz CT molecular complexity index is 742. The summed E-state index contributed by atoms with van der Waals surface area (Å²) in [5.74, 6) is 1.34. The molecule has 23 heavy (non-hydrogen) atoms. The van der Waals surface area contributed by atoms with Crippen molar-refractivity contribution in [2.75, 3.05) is 18.7 Å². The fourth-order valence-electron chi connectivity index (χ4n) is 3.50. The van der Waals surface area contributed by atoms with Gasteiger partial charge in [0.05, 0.1) is 12.5 Å². The lowest BCUT2D eigenvalue weighted by Crippen LogP contribution is -2.34. The van der Waals surface area contributed by atoms with Crippen LogP contribution < -0.4 is 5.73 Å². The highest BCUT2D eigenvalue weighted by molar-refractivity contribution is 7.31. The van der Waals surface area contributed by atoms with Gasteiger partial charge in [-0.2, -0.15) is 0 Å². The molecule has 0 aromatic carbocycles.